The number of hydrogen-bond donors (Lipinski definition) is 2. The van der Waals surface area contributed by atoms with Gasteiger partial charge in [0.1, 0.15) is 17.2 Å². The summed E-state index contributed by atoms with van der Waals surface area (Å²) in [7, 11) is 1.26. The molecule has 0 atom stereocenters. The molecule has 1 aromatic carbocycles. The average Bonchev–Trinajstić information content (AvgIpc) is 3.07. The van der Waals surface area contributed by atoms with Crippen molar-refractivity contribution in [2.75, 3.05) is 19.0 Å². The molecule has 0 aliphatic rings. The van der Waals surface area contributed by atoms with Gasteiger partial charge in [-0.1, -0.05) is 13.8 Å². The van der Waals surface area contributed by atoms with Crippen molar-refractivity contribution in [1.82, 2.24) is 10.2 Å². The number of carbonyl (C=O) groups is 2. The highest BCUT2D eigenvalue weighted by molar-refractivity contribution is 6.04. The van der Waals surface area contributed by atoms with Crippen LogP contribution in [0.15, 0.2) is 24.3 Å². The first-order valence-corrected chi connectivity index (χ1v) is 8.68. The summed E-state index contributed by atoms with van der Waals surface area (Å²) in [6, 6.07) is 6.42. The Bertz CT molecular complexity index is 798. The van der Waals surface area contributed by atoms with E-state index in [1.54, 1.807) is 18.2 Å². The van der Waals surface area contributed by atoms with Crippen molar-refractivity contribution in [3.8, 4) is 11.5 Å². The van der Waals surface area contributed by atoms with Gasteiger partial charge in [-0.15, -0.1) is 0 Å². The summed E-state index contributed by atoms with van der Waals surface area (Å²) in [6.45, 7) is 8.41. The molecular weight excluding hydrogens is 350 g/mol. The summed E-state index contributed by atoms with van der Waals surface area (Å²) < 4.78 is 16.0. The number of methoxy groups -OCH3 is 1. The van der Waals surface area contributed by atoms with Crippen LogP contribution >= 0.6 is 0 Å². The monoisotopic (exact) mass is 375 g/mol. The lowest BCUT2D eigenvalue weighted by Gasteiger charge is -2.15. The van der Waals surface area contributed by atoms with Crippen molar-refractivity contribution in [3.63, 3.8) is 0 Å². The van der Waals surface area contributed by atoms with Gasteiger partial charge in [0, 0.05) is 17.7 Å². The molecule has 2 aromatic rings. The summed E-state index contributed by atoms with van der Waals surface area (Å²) >= 11 is 0. The average molecular weight is 375 g/mol. The van der Waals surface area contributed by atoms with Crippen LogP contribution in [0.25, 0.3) is 0 Å². The Labute approximate surface area is 158 Å². The molecule has 0 fully saturated rings. The smallest absolute Gasteiger partial charge is 0.356 e. The fourth-order valence-electron chi connectivity index (χ4n) is 2.18. The number of esters is 1. The van der Waals surface area contributed by atoms with Crippen LogP contribution in [0.1, 0.15) is 48.5 Å². The van der Waals surface area contributed by atoms with E-state index in [1.165, 1.54) is 13.2 Å². The van der Waals surface area contributed by atoms with Gasteiger partial charge >= 0.3 is 5.97 Å². The fourth-order valence-corrected chi connectivity index (χ4v) is 2.18. The third kappa shape index (κ3) is 6.02. The first kappa shape index (κ1) is 20.3. The van der Waals surface area contributed by atoms with E-state index < -0.39 is 11.9 Å². The van der Waals surface area contributed by atoms with E-state index in [9.17, 15) is 9.59 Å². The molecule has 0 radical (unpaired) electrons. The second kappa shape index (κ2) is 9.07. The molecule has 146 valence electrons. The minimum absolute atomic E-state index is 0.0461. The van der Waals surface area contributed by atoms with Crippen LogP contribution in [-0.2, 0) is 4.74 Å². The number of amides is 1. The Kier molecular flexibility index (Phi) is 6.81. The number of aromatic amines is 1. The number of hydrogen-bond acceptors (Lipinski definition) is 6. The molecule has 2 N–H and O–H groups in total. The number of rotatable bonds is 8. The minimum Gasteiger partial charge on any atom is -0.493 e. The quantitative estimate of drug-likeness (QED) is 0.687. The highest BCUT2D eigenvalue weighted by Crippen LogP contribution is 2.25. The molecule has 0 aliphatic carbocycles. The van der Waals surface area contributed by atoms with Gasteiger partial charge in [0.25, 0.3) is 5.91 Å². The Morgan fingerprint density at radius 3 is 2.44 bits per heavy atom. The summed E-state index contributed by atoms with van der Waals surface area (Å²) in [6.07, 6.45) is -0.0461. The first-order chi connectivity index (χ1) is 12.8. The number of anilines is 1. The first-order valence-electron chi connectivity index (χ1n) is 8.68. The zero-order valence-corrected chi connectivity index (χ0v) is 16.2. The zero-order valence-electron chi connectivity index (χ0n) is 16.2. The lowest BCUT2D eigenvalue weighted by atomic mass is 10.1. The Hall–Kier alpha value is -3.03. The summed E-state index contributed by atoms with van der Waals surface area (Å²) in [5.41, 5.74) is 0.500. The van der Waals surface area contributed by atoms with Crippen LogP contribution in [0.2, 0.25) is 0 Å². The molecule has 0 bridgehead atoms. The minimum atomic E-state index is -0.570. The summed E-state index contributed by atoms with van der Waals surface area (Å²) in [4.78, 5) is 24.1. The molecule has 0 spiro atoms. The van der Waals surface area contributed by atoms with E-state index in [4.69, 9.17) is 9.47 Å². The maximum absolute atomic E-state index is 12.6. The molecule has 1 heterocycles. The van der Waals surface area contributed by atoms with Crippen LogP contribution in [0, 0.1) is 5.92 Å². The molecular formula is C19H25N3O5. The van der Waals surface area contributed by atoms with E-state index in [2.05, 4.69) is 20.3 Å². The number of H-pyrrole nitrogens is 1. The van der Waals surface area contributed by atoms with Crippen molar-refractivity contribution in [1.29, 1.82) is 0 Å². The number of nitrogens with zero attached hydrogens (tertiary/aromatic N) is 1. The number of benzene rings is 1. The highest BCUT2D eigenvalue weighted by atomic mass is 16.5. The summed E-state index contributed by atoms with van der Waals surface area (Å²) in [5.74, 6) is 0.664. The molecule has 8 heteroatoms. The van der Waals surface area contributed by atoms with Crippen LogP contribution < -0.4 is 14.8 Å². The van der Waals surface area contributed by atoms with Crippen LogP contribution in [-0.4, -0.2) is 41.9 Å². The predicted molar refractivity (Wildman–Crippen MR) is 100 cm³/mol. The van der Waals surface area contributed by atoms with E-state index in [0.717, 1.165) is 0 Å². The van der Waals surface area contributed by atoms with Crippen LogP contribution in [0.4, 0.5) is 5.82 Å². The standard InChI is InChI=1S/C19H25N3O5/c1-11(2)10-26-14-6-13(7-15(8-14)27-12(3)4)18(23)20-17-9-16(21-22-17)19(24)25-5/h6-9,11-12H,10H2,1-5H3,(H2,20,21,22,23). The molecule has 0 saturated heterocycles. The fraction of sp³-hybridized carbons (Fsp3) is 0.421. The Morgan fingerprint density at radius 2 is 1.81 bits per heavy atom. The van der Waals surface area contributed by atoms with E-state index in [-0.39, 0.29) is 17.6 Å². The maximum atomic E-state index is 12.6. The van der Waals surface area contributed by atoms with E-state index in [1.807, 2.05) is 27.7 Å². The maximum Gasteiger partial charge on any atom is 0.356 e. The van der Waals surface area contributed by atoms with Gasteiger partial charge in [-0.25, -0.2) is 4.79 Å². The van der Waals surface area contributed by atoms with Crippen molar-refractivity contribution < 1.29 is 23.8 Å². The molecule has 1 amide bonds. The number of carbonyl (C=O) groups excluding carboxylic acids is 2. The van der Waals surface area contributed by atoms with Crippen LogP contribution in [0.3, 0.4) is 0 Å². The third-order valence-electron chi connectivity index (χ3n) is 3.32. The SMILES string of the molecule is COC(=O)c1cc(NC(=O)c2cc(OCC(C)C)cc(OC(C)C)c2)n[nH]1. The lowest BCUT2D eigenvalue weighted by Crippen LogP contribution is -2.14. The van der Waals surface area contributed by atoms with Crippen molar-refractivity contribution in [2.24, 2.45) is 5.92 Å². The van der Waals surface area contributed by atoms with Gasteiger partial charge in [0.2, 0.25) is 0 Å². The molecule has 0 saturated carbocycles. The van der Waals surface area contributed by atoms with Crippen molar-refractivity contribution >= 4 is 17.7 Å². The normalized spacial score (nSPS) is 10.8. The second-order valence-corrected chi connectivity index (χ2v) is 6.68. The van der Waals surface area contributed by atoms with Crippen molar-refractivity contribution in [3.05, 3.63) is 35.5 Å². The third-order valence-corrected chi connectivity index (χ3v) is 3.32. The second-order valence-electron chi connectivity index (χ2n) is 6.68. The van der Waals surface area contributed by atoms with Gasteiger partial charge in [-0.05, 0) is 31.9 Å². The molecule has 8 nitrogen and oxygen atoms in total. The number of aromatic nitrogens is 2. The molecule has 27 heavy (non-hydrogen) atoms. The highest BCUT2D eigenvalue weighted by Gasteiger charge is 2.15. The van der Waals surface area contributed by atoms with Gasteiger partial charge < -0.3 is 19.5 Å². The van der Waals surface area contributed by atoms with E-state index >= 15 is 0 Å². The predicted octanol–water partition coefficient (Wildman–Crippen LogP) is 3.27. The van der Waals surface area contributed by atoms with E-state index in [0.29, 0.717) is 29.6 Å². The summed E-state index contributed by atoms with van der Waals surface area (Å²) in [5, 5.41) is 9.02. The largest absolute Gasteiger partial charge is 0.493 e. The van der Waals surface area contributed by atoms with Gasteiger partial charge in [0.15, 0.2) is 5.82 Å². The molecule has 1 aromatic heterocycles. The number of ether oxygens (including phenoxy) is 3. The lowest BCUT2D eigenvalue weighted by molar-refractivity contribution is 0.0594. The zero-order chi connectivity index (χ0) is 20.0. The van der Waals surface area contributed by atoms with Crippen LogP contribution in [0.5, 0.6) is 11.5 Å². The van der Waals surface area contributed by atoms with Crippen molar-refractivity contribution in [2.45, 2.75) is 33.8 Å². The molecule has 0 aliphatic heterocycles. The topological polar surface area (TPSA) is 103 Å². The molecule has 0 unspecified atom stereocenters. The van der Waals surface area contributed by atoms with Gasteiger partial charge in [-0.3, -0.25) is 9.89 Å². The van der Waals surface area contributed by atoms with Gasteiger partial charge in [-0.2, -0.15) is 5.10 Å². The Morgan fingerprint density at radius 1 is 1.11 bits per heavy atom. The Balaban J connectivity index is 2.20. The molecule has 2 rings (SSSR count). The van der Waals surface area contributed by atoms with Gasteiger partial charge in [0.05, 0.1) is 19.8 Å². The number of nitrogens with one attached hydrogen (secondary N) is 2.